The molecule has 3 N–H and O–H groups in total. The van der Waals surface area contributed by atoms with E-state index >= 15 is 0 Å². The summed E-state index contributed by atoms with van der Waals surface area (Å²) in [6.45, 7) is 0.346. The molecule has 0 spiro atoms. The van der Waals surface area contributed by atoms with E-state index < -0.39 is 41.4 Å². The maximum Gasteiger partial charge on any atom is 0.417 e. The lowest BCUT2D eigenvalue weighted by atomic mass is 10.0. The Morgan fingerprint density at radius 2 is 1.43 bits per heavy atom. The van der Waals surface area contributed by atoms with E-state index in [-0.39, 0.29) is 26.2 Å². The number of hydrogen-bond acceptors (Lipinski definition) is 4. The SMILES string of the molecule is Nc1cc(-c2ccccc2)ccc1NC(=O)CC(=O)N1CCN(C(=O)c2ccccc2C(F)(F)F)CC1. The van der Waals surface area contributed by atoms with Crippen molar-refractivity contribution in [2.24, 2.45) is 0 Å². The Morgan fingerprint density at radius 1 is 0.811 bits per heavy atom. The molecule has 192 valence electrons. The Hall–Kier alpha value is -4.34. The van der Waals surface area contributed by atoms with Gasteiger partial charge in [-0.1, -0.05) is 48.5 Å². The van der Waals surface area contributed by atoms with Gasteiger partial charge in [0.1, 0.15) is 6.42 Å². The highest BCUT2D eigenvalue weighted by molar-refractivity contribution is 6.05. The zero-order valence-electron chi connectivity index (χ0n) is 19.8. The van der Waals surface area contributed by atoms with Gasteiger partial charge in [0.15, 0.2) is 0 Å². The molecular weight excluding hydrogens is 485 g/mol. The fourth-order valence-corrected chi connectivity index (χ4v) is 4.18. The maximum absolute atomic E-state index is 13.3. The number of nitrogens with one attached hydrogen (secondary N) is 1. The summed E-state index contributed by atoms with van der Waals surface area (Å²) in [6, 6.07) is 19.4. The average molecular weight is 511 g/mol. The number of amides is 3. The van der Waals surface area contributed by atoms with E-state index in [0.717, 1.165) is 23.3 Å². The average Bonchev–Trinajstić information content (AvgIpc) is 2.89. The van der Waals surface area contributed by atoms with Crippen molar-refractivity contribution in [2.75, 3.05) is 37.2 Å². The highest BCUT2D eigenvalue weighted by Gasteiger charge is 2.36. The van der Waals surface area contributed by atoms with Gasteiger partial charge in [-0.25, -0.2) is 0 Å². The number of hydrogen-bond donors (Lipinski definition) is 2. The molecule has 3 amide bonds. The van der Waals surface area contributed by atoms with Crippen molar-refractivity contribution < 1.29 is 27.6 Å². The minimum absolute atomic E-state index is 0.0618. The summed E-state index contributed by atoms with van der Waals surface area (Å²) in [4.78, 5) is 40.5. The number of rotatable bonds is 5. The largest absolute Gasteiger partial charge is 0.417 e. The molecule has 1 aliphatic heterocycles. The molecule has 0 aromatic heterocycles. The van der Waals surface area contributed by atoms with Crippen molar-refractivity contribution in [1.29, 1.82) is 0 Å². The summed E-state index contributed by atoms with van der Waals surface area (Å²) in [5.41, 5.74) is 7.27. The Labute approximate surface area is 211 Å². The van der Waals surface area contributed by atoms with Crippen molar-refractivity contribution in [2.45, 2.75) is 12.6 Å². The molecule has 1 aliphatic rings. The lowest BCUT2D eigenvalue weighted by Crippen LogP contribution is -2.51. The number of nitrogens with zero attached hydrogens (tertiary/aromatic N) is 2. The normalized spacial score (nSPS) is 13.8. The molecule has 37 heavy (non-hydrogen) atoms. The van der Waals surface area contributed by atoms with Crippen LogP contribution in [-0.2, 0) is 15.8 Å². The van der Waals surface area contributed by atoms with Gasteiger partial charge in [0.25, 0.3) is 5.91 Å². The molecule has 0 saturated carbocycles. The van der Waals surface area contributed by atoms with Gasteiger partial charge in [0.05, 0.1) is 22.5 Å². The van der Waals surface area contributed by atoms with Crippen LogP contribution in [0.5, 0.6) is 0 Å². The lowest BCUT2D eigenvalue weighted by Gasteiger charge is -2.35. The number of anilines is 2. The van der Waals surface area contributed by atoms with Crippen molar-refractivity contribution in [3.63, 3.8) is 0 Å². The molecule has 0 unspecified atom stereocenters. The first-order chi connectivity index (χ1) is 17.6. The minimum atomic E-state index is -4.65. The maximum atomic E-state index is 13.3. The monoisotopic (exact) mass is 510 g/mol. The van der Waals surface area contributed by atoms with Gasteiger partial charge in [0, 0.05) is 26.2 Å². The molecule has 1 fully saturated rings. The molecule has 0 aliphatic carbocycles. The van der Waals surface area contributed by atoms with Gasteiger partial charge in [-0.05, 0) is 35.4 Å². The van der Waals surface area contributed by atoms with E-state index in [1.54, 1.807) is 12.1 Å². The molecule has 7 nitrogen and oxygen atoms in total. The second-order valence-corrected chi connectivity index (χ2v) is 8.61. The summed E-state index contributed by atoms with van der Waals surface area (Å²) in [6.07, 6.45) is -5.08. The van der Waals surface area contributed by atoms with Gasteiger partial charge in [-0.3, -0.25) is 14.4 Å². The minimum Gasteiger partial charge on any atom is -0.397 e. The molecule has 1 heterocycles. The van der Waals surface area contributed by atoms with Crippen molar-refractivity contribution >= 4 is 29.1 Å². The number of benzene rings is 3. The molecule has 0 bridgehead atoms. The first-order valence-electron chi connectivity index (χ1n) is 11.6. The van der Waals surface area contributed by atoms with Crippen LogP contribution in [0.3, 0.4) is 0 Å². The van der Waals surface area contributed by atoms with Gasteiger partial charge in [-0.2, -0.15) is 13.2 Å². The van der Waals surface area contributed by atoms with Crippen molar-refractivity contribution in [3.05, 3.63) is 83.9 Å². The van der Waals surface area contributed by atoms with E-state index in [0.29, 0.717) is 11.4 Å². The third kappa shape index (κ3) is 6.08. The molecule has 3 aromatic carbocycles. The molecule has 10 heteroatoms. The van der Waals surface area contributed by atoms with E-state index in [9.17, 15) is 27.6 Å². The number of nitrogens with two attached hydrogens (primary N) is 1. The molecule has 3 aromatic rings. The molecule has 0 radical (unpaired) electrons. The molecular formula is C27H25F3N4O3. The predicted molar refractivity (Wildman–Crippen MR) is 133 cm³/mol. The first kappa shape index (κ1) is 25.7. The van der Waals surface area contributed by atoms with E-state index in [1.165, 1.54) is 21.9 Å². The summed E-state index contributed by atoms with van der Waals surface area (Å²) >= 11 is 0. The number of carbonyl (C=O) groups is 3. The lowest BCUT2D eigenvalue weighted by molar-refractivity contribution is -0.138. The third-order valence-corrected chi connectivity index (χ3v) is 6.13. The quantitative estimate of drug-likeness (QED) is 0.396. The van der Waals surface area contributed by atoms with E-state index in [1.807, 2.05) is 36.4 Å². The Bertz CT molecular complexity index is 1300. The Morgan fingerprint density at radius 3 is 2.08 bits per heavy atom. The number of piperazine rings is 1. The molecule has 0 atom stereocenters. The zero-order chi connectivity index (χ0) is 26.6. The highest BCUT2D eigenvalue weighted by atomic mass is 19.4. The van der Waals surface area contributed by atoms with E-state index in [2.05, 4.69) is 5.32 Å². The van der Waals surface area contributed by atoms with Crippen LogP contribution in [0.2, 0.25) is 0 Å². The zero-order valence-corrected chi connectivity index (χ0v) is 19.8. The van der Waals surface area contributed by atoms with Crippen LogP contribution in [0.1, 0.15) is 22.3 Å². The second kappa shape index (κ2) is 10.7. The summed E-state index contributed by atoms with van der Waals surface area (Å²) in [5.74, 6) is -1.73. The van der Waals surface area contributed by atoms with Crippen LogP contribution >= 0.6 is 0 Å². The van der Waals surface area contributed by atoms with E-state index in [4.69, 9.17) is 5.73 Å². The number of alkyl halides is 3. The van der Waals surface area contributed by atoms with Crippen LogP contribution in [0.4, 0.5) is 24.5 Å². The topological polar surface area (TPSA) is 95.7 Å². The van der Waals surface area contributed by atoms with Gasteiger partial charge in [-0.15, -0.1) is 0 Å². The standard InChI is InChI=1S/C27H25F3N4O3/c28-27(29,30)21-9-5-4-8-20(21)26(37)34-14-12-33(13-15-34)25(36)17-24(35)32-23-11-10-19(16-22(23)31)18-6-2-1-3-7-18/h1-11,16H,12-15,17,31H2,(H,32,35). The number of halogens is 3. The smallest absolute Gasteiger partial charge is 0.397 e. The van der Waals surface area contributed by atoms with Crippen LogP contribution in [-0.4, -0.2) is 53.7 Å². The fourth-order valence-electron chi connectivity index (χ4n) is 4.18. The molecule has 4 rings (SSSR count). The van der Waals surface area contributed by atoms with Crippen molar-refractivity contribution in [3.8, 4) is 11.1 Å². The number of carbonyl (C=O) groups excluding carboxylic acids is 3. The van der Waals surface area contributed by atoms with Gasteiger partial charge < -0.3 is 20.9 Å². The summed E-state index contributed by atoms with van der Waals surface area (Å²) < 4.78 is 39.8. The van der Waals surface area contributed by atoms with Crippen LogP contribution in [0, 0.1) is 0 Å². The first-order valence-corrected chi connectivity index (χ1v) is 11.6. The highest BCUT2D eigenvalue weighted by Crippen LogP contribution is 2.32. The predicted octanol–water partition coefficient (Wildman–Crippen LogP) is 4.27. The fraction of sp³-hybridized carbons (Fsp3) is 0.222. The molecule has 1 saturated heterocycles. The van der Waals surface area contributed by atoms with Crippen LogP contribution in [0.15, 0.2) is 72.8 Å². The van der Waals surface area contributed by atoms with Crippen LogP contribution < -0.4 is 11.1 Å². The van der Waals surface area contributed by atoms with Crippen molar-refractivity contribution in [1.82, 2.24) is 9.80 Å². The Balaban J connectivity index is 1.31. The summed E-state index contributed by atoms with van der Waals surface area (Å²) in [5, 5.41) is 2.65. The van der Waals surface area contributed by atoms with Gasteiger partial charge in [0.2, 0.25) is 11.8 Å². The number of nitrogen functional groups attached to an aromatic ring is 1. The van der Waals surface area contributed by atoms with Crippen LogP contribution in [0.25, 0.3) is 11.1 Å². The third-order valence-electron chi connectivity index (χ3n) is 6.13. The second-order valence-electron chi connectivity index (χ2n) is 8.61. The van der Waals surface area contributed by atoms with Gasteiger partial charge >= 0.3 is 6.18 Å². The Kier molecular flexibility index (Phi) is 7.47. The summed E-state index contributed by atoms with van der Waals surface area (Å²) in [7, 11) is 0.